The van der Waals surface area contributed by atoms with Crippen LogP contribution in [-0.2, 0) is 21.2 Å². The zero-order chi connectivity index (χ0) is 25.6. The Labute approximate surface area is 204 Å². The number of sulfonamides is 1. The number of methoxy groups -OCH3 is 1. The monoisotopic (exact) mass is 499 g/mol. The van der Waals surface area contributed by atoms with Crippen LogP contribution in [0.5, 0.6) is 11.5 Å². The summed E-state index contributed by atoms with van der Waals surface area (Å²) in [5.41, 5.74) is 3.17. The van der Waals surface area contributed by atoms with E-state index in [1.165, 1.54) is 25.3 Å². The van der Waals surface area contributed by atoms with Crippen molar-refractivity contribution in [3.05, 3.63) is 77.4 Å². The van der Waals surface area contributed by atoms with E-state index in [0.717, 1.165) is 17.4 Å². The summed E-state index contributed by atoms with van der Waals surface area (Å²) >= 11 is 0. The van der Waals surface area contributed by atoms with Crippen LogP contribution in [0.25, 0.3) is 0 Å². The second-order valence-electron chi connectivity index (χ2n) is 8.10. The molecule has 0 aliphatic rings. The molecule has 10 heteroatoms. The molecule has 0 aliphatic heterocycles. The highest BCUT2D eigenvalue weighted by atomic mass is 32.2. The minimum Gasteiger partial charge on any atom is -0.506 e. The number of phenols is 1. The van der Waals surface area contributed by atoms with E-state index in [9.17, 15) is 23.4 Å². The molecule has 0 saturated heterocycles. The third-order valence-electron chi connectivity index (χ3n) is 5.22. The van der Waals surface area contributed by atoms with E-state index in [1.54, 1.807) is 6.07 Å². The maximum absolute atomic E-state index is 12.6. The largest absolute Gasteiger partial charge is 0.506 e. The molecule has 1 amide bonds. The van der Waals surface area contributed by atoms with Gasteiger partial charge in [-0.05, 0) is 41.8 Å². The lowest BCUT2D eigenvalue weighted by molar-refractivity contribution is -0.115. The number of hydrogen-bond donors (Lipinski definition) is 5. The number of carbonyl (C=O) groups is 1. The number of phenolic OH excluding ortho intramolecular Hbond substituents is 1. The van der Waals surface area contributed by atoms with Gasteiger partial charge < -0.3 is 25.6 Å². The van der Waals surface area contributed by atoms with Crippen molar-refractivity contribution in [1.82, 2.24) is 0 Å². The first kappa shape index (κ1) is 25.9. The predicted octanol–water partition coefficient (Wildman–Crippen LogP) is 3.41. The van der Waals surface area contributed by atoms with Crippen molar-refractivity contribution in [3.8, 4) is 11.5 Å². The standard InChI is InChI=1S/C25H29N3O6S/c1-16-9-11-19(27-23(31)13-17-7-5-4-6-8-17)25(34-2)24(16)26-15-22(30)18-10-12-21(29)20(14-18)28-35(3,32)33/h4-12,14,22,26,28-30H,13,15H2,1-3H3,(H,27,31). The number of ether oxygens (including phenoxy) is 1. The quantitative estimate of drug-likeness (QED) is 0.270. The van der Waals surface area contributed by atoms with Gasteiger partial charge in [0.2, 0.25) is 15.9 Å². The molecule has 3 aromatic rings. The van der Waals surface area contributed by atoms with Gasteiger partial charge >= 0.3 is 0 Å². The topological polar surface area (TPSA) is 137 Å². The van der Waals surface area contributed by atoms with Gasteiger partial charge in [0.15, 0.2) is 5.75 Å². The third-order valence-corrected chi connectivity index (χ3v) is 5.82. The smallest absolute Gasteiger partial charge is 0.229 e. The molecule has 0 aliphatic carbocycles. The summed E-state index contributed by atoms with van der Waals surface area (Å²) in [4.78, 5) is 12.6. The number of aromatic hydroxyl groups is 1. The van der Waals surface area contributed by atoms with Crippen LogP contribution < -0.4 is 20.1 Å². The molecule has 0 heterocycles. The lowest BCUT2D eigenvalue weighted by atomic mass is 10.1. The van der Waals surface area contributed by atoms with Gasteiger partial charge in [-0.25, -0.2) is 8.42 Å². The van der Waals surface area contributed by atoms with E-state index in [1.807, 2.05) is 43.3 Å². The van der Waals surface area contributed by atoms with E-state index >= 15 is 0 Å². The van der Waals surface area contributed by atoms with E-state index in [2.05, 4.69) is 15.4 Å². The molecule has 0 spiro atoms. The van der Waals surface area contributed by atoms with Crippen LogP contribution >= 0.6 is 0 Å². The zero-order valence-corrected chi connectivity index (χ0v) is 20.5. The molecule has 1 unspecified atom stereocenters. The minimum atomic E-state index is -3.61. The number of nitrogens with one attached hydrogen (secondary N) is 3. The Morgan fingerprint density at radius 2 is 1.77 bits per heavy atom. The van der Waals surface area contributed by atoms with Gasteiger partial charge in [0.25, 0.3) is 0 Å². The van der Waals surface area contributed by atoms with Gasteiger partial charge in [0.1, 0.15) is 5.75 Å². The molecule has 3 aromatic carbocycles. The zero-order valence-electron chi connectivity index (χ0n) is 19.7. The van der Waals surface area contributed by atoms with Gasteiger partial charge in [-0.2, -0.15) is 0 Å². The van der Waals surface area contributed by atoms with Crippen molar-refractivity contribution < 1.29 is 28.2 Å². The van der Waals surface area contributed by atoms with Crippen molar-refractivity contribution in [1.29, 1.82) is 0 Å². The molecule has 186 valence electrons. The van der Waals surface area contributed by atoms with Gasteiger partial charge in [-0.3, -0.25) is 9.52 Å². The first-order chi connectivity index (χ1) is 16.6. The first-order valence-electron chi connectivity index (χ1n) is 10.8. The summed E-state index contributed by atoms with van der Waals surface area (Å²) in [6, 6.07) is 17.1. The number of amides is 1. The Hall–Kier alpha value is -3.76. The fourth-order valence-corrected chi connectivity index (χ4v) is 4.11. The van der Waals surface area contributed by atoms with Crippen molar-refractivity contribution in [3.63, 3.8) is 0 Å². The molecule has 35 heavy (non-hydrogen) atoms. The van der Waals surface area contributed by atoms with Gasteiger partial charge in [0.05, 0.1) is 43.0 Å². The summed E-state index contributed by atoms with van der Waals surface area (Å²) in [6.45, 7) is 1.92. The molecule has 0 radical (unpaired) electrons. The minimum absolute atomic E-state index is 0.0269. The van der Waals surface area contributed by atoms with Gasteiger partial charge in [0, 0.05) is 6.54 Å². The van der Waals surface area contributed by atoms with Crippen LogP contribution in [0, 0.1) is 6.92 Å². The number of aryl methyl sites for hydroxylation is 1. The SMILES string of the molecule is COc1c(NC(=O)Cc2ccccc2)ccc(C)c1NCC(O)c1ccc(O)c(NS(C)(=O)=O)c1. The number of aliphatic hydroxyl groups is 1. The average Bonchev–Trinajstić information content (AvgIpc) is 2.80. The Bertz CT molecular complexity index is 1300. The number of aliphatic hydroxyl groups excluding tert-OH is 1. The molecule has 0 bridgehead atoms. The summed E-state index contributed by atoms with van der Waals surface area (Å²) in [6.07, 6.45) is 0.151. The molecule has 0 aromatic heterocycles. The van der Waals surface area contributed by atoms with Crippen LogP contribution in [0.3, 0.4) is 0 Å². The molecule has 0 saturated carbocycles. The van der Waals surface area contributed by atoms with Crippen LogP contribution in [0.15, 0.2) is 60.7 Å². The van der Waals surface area contributed by atoms with Crippen LogP contribution in [0.4, 0.5) is 17.1 Å². The van der Waals surface area contributed by atoms with E-state index < -0.39 is 16.1 Å². The van der Waals surface area contributed by atoms with Gasteiger partial charge in [-0.1, -0.05) is 42.5 Å². The summed E-state index contributed by atoms with van der Waals surface area (Å²) < 4.78 is 30.8. The summed E-state index contributed by atoms with van der Waals surface area (Å²) in [5.74, 6) is -0.0288. The van der Waals surface area contributed by atoms with Crippen molar-refractivity contribution >= 4 is 33.0 Å². The number of rotatable bonds is 10. The number of anilines is 3. The predicted molar refractivity (Wildman–Crippen MR) is 137 cm³/mol. The lowest BCUT2D eigenvalue weighted by Gasteiger charge is -2.20. The Morgan fingerprint density at radius 1 is 1.06 bits per heavy atom. The highest BCUT2D eigenvalue weighted by Crippen LogP contribution is 2.37. The van der Waals surface area contributed by atoms with Crippen molar-refractivity contribution in [2.45, 2.75) is 19.4 Å². The Morgan fingerprint density at radius 3 is 2.43 bits per heavy atom. The number of benzene rings is 3. The molecule has 9 nitrogen and oxygen atoms in total. The lowest BCUT2D eigenvalue weighted by Crippen LogP contribution is -2.17. The fraction of sp³-hybridized carbons (Fsp3) is 0.240. The second kappa shape index (κ2) is 11.1. The molecular formula is C25H29N3O6S. The highest BCUT2D eigenvalue weighted by Gasteiger charge is 2.17. The van der Waals surface area contributed by atoms with Crippen LogP contribution in [-0.4, -0.2) is 44.4 Å². The van der Waals surface area contributed by atoms with Crippen molar-refractivity contribution in [2.24, 2.45) is 0 Å². The normalized spacial score (nSPS) is 12.0. The number of hydrogen-bond acceptors (Lipinski definition) is 7. The molecule has 1 atom stereocenters. The molecule has 0 fully saturated rings. The number of carbonyl (C=O) groups excluding carboxylic acids is 1. The maximum atomic E-state index is 12.6. The first-order valence-corrected chi connectivity index (χ1v) is 12.7. The highest BCUT2D eigenvalue weighted by molar-refractivity contribution is 7.92. The van der Waals surface area contributed by atoms with E-state index in [4.69, 9.17) is 4.74 Å². The van der Waals surface area contributed by atoms with Crippen LogP contribution in [0.2, 0.25) is 0 Å². The van der Waals surface area contributed by atoms with Crippen LogP contribution in [0.1, 0.15) is 22.8 Å². The fourth-order valence-electron chi connectivity index (χ4n) is 3.55. The average molecular weight is 500 g/mol. The second-order valence-corrected chi connectivity index (χ2v) is 9.84. The van der Waals surface area contributed by atoms with E-state index in [0.29, 0.717) is 22.7 Å². The summed E-state index contributed by atoms with van der Waals surface area (Å²) in [7, 11) is -2.11. The Balaban J connectivity index is 1.75. The molecular weight excluding hydrogens is 470 g/mol. The van der Waals surface area contributed by atoms with Gasteiger partial charge in [-0.15, -0.1) is 0 Å². The molecule has 5 N–H and O–H groups in total. The molecule has 3 rings (SSSR count). The van der Waals surface area contributed by atoms with E-state index in [-0.39, 0.29) is 30.3 Å². The summed E-state index contributed by atoms with van der Waals surface area (Å²) in [5, 5.41) is 26.6. The maximum Gasteiger partial charge on any atom is 0.229 e. The third kappa shape index (κ3) is 7.11. The Kier molecular flexibility index (Phi) is 8.21. The van der Waals surface area contributed by atoms with Crippen molar-refractivity contribution in [2.75, 3.05) is 35.3 Å².